The lowest BCUT2D eigenvalue weighted by Gasteiger charge is -2.42. The minimum absolute atomic E-state index is 0.0349. The van der Waals surface area contributed by atoms with Gasteiger partial charge in [-0.1, -0.05) is 65.0 Å². The van der Waals surface area contributed by atoms with Gasteiger partial charge in [0.1, 0.15) is 6.29 Å². The van der Waals surface area contributed by atoms with Crippen LogP contribution in [-0.4, -0.2) is 26.5 Å². The molecular weight excluding hydrogens is 356 g/mol. The highest BCUT2D eigenvalue weighted by Gasteiger charge is 2.42. The fraction of sp³-hybridized carbons (Fsp3) is 0.591. The number of aldehydes is 1. The summed E-state index contributed by atoms with van der Waals surface area (Å²) in [6.07, 6.45) is 7.27. The lowest BCUT2D eigenvalue weighted by atomic mass is 9.86. The molecular formula is C22H36O2SSi. The number of hydrogen-bond donors (Lipinski definition) is 0. The maximum Gasteiger partial charge on any atom is 0.192 e. The Kier molecular flexibility index (Phi) is 8.84. The van der Waals surface area contributed by atoms with E-state index in [4.69, 9.17) is 4.43 Å². The van der Waals surface area contributed by atoms with Gasteiger partial charge in [-0.05, 0) is 43.1 Å². The molecule has 0 amide bonds. The molecule has 0 saturated heterocycles. The molecule has 0 aliphatic heterocycles. The summed E-state index contributed by atoms with van der Waals surface area (Å²) in [7, 11) is -1.90. The monoisotopic (exact) mass is 392 g/mol. The SMILES string of the molecule is CC(C)(C=O)[C@H](CC/C=C/CSc1ccccc1)O[Si](C)(C)C(C)(C)C. The summed E-state index contributed by atoms with van der Waals surface area (Å²) in [5.41, 5.74) is -0.456. The Hall–Kier alpha value is -0.843. The summed E-state index contributed by atoms with van der Waals surface area (Å²) in [5.74, 6) is 0.967. The molecule has 0 bridgehead atoms. The molecule has 0 N–H and O–H groups in total. The van der Waals surface area contributed by atoms with E-state index in [0.717, 1.165) is 24.9 Å². The second-order valence-corrected chi connectivity index (χ2v) is 14.8. The Morgan fingerprint density at radius 3 is 2.23 bits per heavy atom. The third-order valence-corrected chi connectivity index (χ3v) is 10.7. The summed E-state index contributed by atoms with van der Waals surface area (Å²) >= 11 is 1.84. The van der Waals surface area contributed by atoms with Crippen molar-refractivity contribution in [2.75, 3.05) is 5.75 Å². The van der Waals surface area contributed by atoms with Crippen LogP contribution in [0.1, 0.15) is 47.5 Å². The zero-order valence-corrected chi connectivity index (χ0v) is 19.4. The van der Waals surface area contributed by atoms with E-state index in [2.05, 4.69) is 70.3 Å². The quantitative estimate of drug-likeness (QED) is 0.191. The van der Waals surface area contributed by atoms with Crippen molar-refractivity contribution in [3.63, 3.8) is 0 Å². The predicted molar refractivity (Wildman–Crippen MR) is 117 cm³/mol. The normalized spacial score (nSPS) is 14.6. The molecule has 26 heavy (non-hydrogen) atoms. The molecule has 0 saturated carbocycles. The van der Waals surface area contributed by atoms with E-state index >= 15 is 0 Å². The van der Waals surface area contributed by atoms with Crippen molar-refractivity contribution in [3.05, 3.63) is 42.5 Å². The molecule has 1 aromatic rings. The minimum atomic E-state index is -1.90. The highest BCUT2D eigenvalue weighted by molar-refractivity contribution is 7.99. The molecule has 1 atom stereocenters. The van der Waals surface area contributed by atoms with E-state index < -0.39 is 13.7 Å². The van der Waals surface area contributed by atoms with E-state index in [-0.39, 0.29) is 11.1 Å². The van der Waals surface area contributed by atoms with Crippen molar-refractivity contribution in [2.24, 2.45) is 5.41 Å². The summed E-state index contributed by atoms with van der Waals surface area (Å²) in [5, 5.41) is 0.145. The van der Waals surface area contributed by atoms with Crippen LogP contribution in [0.3, 0.4) is 0 Å². The first-order valence-corrected chi connectivity index (χ1v) is 13.4. The molecule has 2 nitrogen and oxygen atoms in total. The van der Waals surface area contributed by atoms with Gasteiger partial charge in [0.15, 0.2) is 8.32 Å². The van der Waals surface area contributed by atoms with Crippen LogP contribution in [0.2, 0.25) is 18.1 Å². The van der Waals surface area contributed by atoms with Crippen molar-refractivity contribution in [3.8, 4) is 0 Å². The van der Waals surface area contributed by atoms with E-state index in [1.54, 1.807) is 0 Å². The van der Waals surface area contributed by atoms with Crippen molar-refractivity contribution < 1.29 is 9.22 Å². The van der Waals surface area contributed by atoms with Crippen LogP contribution >= 0.6 is 11.8 Å². The molecule has 0 aliphatic rings. The van der Waals surface area contributed by atoms with Gasteiger partial charge >= 0.3 is 0 Å². The topological polar surface area (TPSA) is 26.3 Å². The van der Waals surface area contributed by atoms with Gasteiger partial charge in [-0.25, -0.2) is 0 Å². The average molecular weight is 393 g/mol. The molecule has 0 aromatic heterocycles. The summed E-state index contributed by atoms with van der Waals surface area (Å²) in [6.45, 7) is 15.2. The lowest BCUT2D eigenvalue weighted by molar-refractivity contribution is -0.119. The zero-order valence-electron chi connectivity index (χ0n) is 17.5. The number of carbonyl (C=O) groups excluding carboxylic acids is 1. The Labute approximate surface area is 165 Å². The molecule has 0 unspecified atom stereocenters. The van der Waals surface area contributed by atoms with Gasteiger partial charge < -0.3 is 9.22 Å². The number of hydrogen-bond acceptors (Lipinski definition) is 3. The fourth-order valence-corrected chi connectivity index (χ4v) is 4.55. The third-order valence-electron chi connectivity index (χ3n) is 5.23. The zero-order chi connectivity index (χ0) is 19.8. The van der Waals surface area contributed by atoms with Gasteiger partial charge in [0, 0.05) is 16.1 Å². The summed E-state index contributed by atoms with van der Waals surface area (Å²) < 4.78 is 6.60. The van der Waals surface area contributed by atoms with E-state index in [0.29, 0.717) is 0 Å². The Morgan fingerprint density at radius 1 is 1.08 bits per heavy atom. The number of benzene rings is 1. The summed E-state index contributed by atoms with van der Waals surface area (Å²) in [6, 6.07) is 10.4. The van der Waals surface area contributed by atoms with Crippen LogP contribution in [0.15, 0.2) is 47.4 Å². The van der Waals surface area contributed by atoms with Crippen molar-refractivity contribution in [1.82, 2.24) is 0 Å². The number of allylic oxidation sites excluding steroid dienone is 1. The van der Waals surface area contributed by atoms with Crippen molar-refractivity contribution >= 4 is 26.4 Å². The molecule has 0 heterocycles. The van der Waals surface area contributed by atoms with E-state index in [1.807, 2.05) is 31.7 Å². The largest absolute Gasteiger partial charge is 0.413 e. The molecule has 0 aliphatic carbocycles. The second kappa shape index (κ2) is 9.91. The second-order valence-electron chi connectivity index (χ2n) is 8.98. The first-order valence-electron chi connectivity index (χ1n) is 9.46. The summed E-state index contributed by atoms with van der Waals surface area (Å²) in [4.78, 5) is 12.9. The number of thioether (sulfide) groups is 1. The highest BCUT2D eigenvalue weighted by Crippen LogP contribution is 2.40. The van der Waals surface area contributed by atoms with Crippen LogP contribution in [-0.2, 0) is 9.22 Å². The van der Waals surface area contributed by atoms with Crippen LogP contribution in [0.4, 0.5) is 0 Å². The van der Waals surface area contributed by atoms with Gasteiger partial charge in [-0.15, -0.1) is 11.8 Å². The van der Waals surface area contributed by atoms with Gasteiger partial charge in [-0.3, -0.25) is 0 Å². The lowest BCUT2D eigenvalue weighted by Crippen LogP contribution is -2.48. The highest BCUT2D eigenvalue weighted by atomic mass is 32.2. The smallest absolute Gasteiger partial charge is 0.192 e. The van der Waals surface area contributed by atoms with Crippen LogP contribution in [0.25, 0.3) is 0 Å². The molecule has 146 valence electrons. The predicted octanol–water partition coefficient (Wildman–Crippen LogP) is 6.73. The molecule has 0 radical (unpaired) electrons. The third kappa shape index (κ3) is 7.41. The standard InChI is InChI=1S/C22H36O2SSi/c1-21(2,3)26(6,7)24-20(22(4,5)18-23)16-12-9-13-17-25-19-14-10-8-11-15-19/h8-11,13-15,18,20H,12,16-17H2,1-7H3/b13-9+/t20-/m0/s1. The van der Waals surface area contributed by atoms with Crippen LogP contribution < -0.4 is 0 Å². The maximum absolute atomic E-state index is 11.6. The minimum Gasteiger partial charge on any atom is -0.413 e. The fourth-order valence-electron chi connectivity index (χ4n) is 2.29. The Bertz CT molecular complexity index is 574. The van der Waals surface area contributed by atoms with Gasteiger partial charge in [-0.2, -0.15) is 0 Å². The van der Waals surface area contributed by atoms with Crippen LogP contribution in [0, 0.1) is 5.41 Å². The molecule has 1 rings (SSSR count). The first-order chi connectivity index (χ1) is 12.0. The van der Waals surface area contributed by atoms with Crippen molar-refractivity contribution in [2.45, 2.75) is 76.6 Å². The van der Waals surface area contributed by atoms with E-state index in [9.17, 15) is 4.79 Å². The molecule has 0 spiro atoms. The Balaban J connectivity index is 2.58. The van der Waals surface area contributed by atoms with Gasteiger partial charge in [0.25, 0.3) is 0 Å². The number of rotatable bonds is 10. The molecule has 1 aromatic carbocycles. The van der Waals surface area contributed by atoms with Gasteiger partial charge in [0.05, 0.1) is 6.10 Å². The van der Waals surface area contributed by atoms with Crippen LogP contribution in [0.5, 0.6) is 0 Å². The van der Waals surface area contributed by atoms with Crippen molar-refractivity contribution in [1.29, 1.82) is 0 Å². The van der Waals surface area contributed by atoms with E-state index in [1.165, 1.54) is 4.90 Å². The maximum atomic E-state index is 11.6. The first kappa shape index (κ1) is 23.2. The van der Waals surface area contributed by atoms with Gasteiger partial charge in [0.2, 0.25) is 0 Å². The average Bonchev–Trinajstić information content (AvgIpc) is 2.56. The Morgan fingerprint density at radius 2 is 1.69 bits per heavy atom. The molecule has 0 fully saturated rings. The number of carbonyl (C=O) groups is 1. The molecule has 4 heteroatoms.